The second-order valence-electron chi connectivity index (χ2n) is 6.87. The first kappa shape index (κ1) is 18.5. The molecule has 0 radical (unpaired) electrons. The minimum Gasteiger partial charge on any atom is -0.486 e. The number of halogens is 1. The second-order valence-corrected chi connectivity index (χ2v) is 7.28. The molecular weight excluding hydrogens is 408 g/mol. The van der Waals surface area contributed by atoms with E-state index in [4.69, 9.17) is 25.5 Å². The molecule has 1 amide bonds. The van der Waals surface area contributed by atoms with Crippen molar-refractivity contribution in [2.45, 2.75) is 6.92 Å². The number of carbonyl (C=O) groups is 1. The predicted octanol–water partition coefficient (Wildman–Crippen LogP) is 4.21. The van der Waals surface area contributed by atoms with Gasteiger partial charge in [0.15, 0.2) is 22.9 Å². The average Bonchev–Trinajstić information content (AvgIpc) is 3.37. The first-order valence-electron chi connectivity index (χ1n) is 9.30. The van der Waals surface area contributed by atoms with E-state index in [-0.39, 0.29) is 5.91 Å². The SMILES string of the molecule is Cc1nn(C)c2nc(-c3ccco3)cc(C(=O)Nc3cc4c(cc3Cl)OCCO4)c12. The minimum absolute atomic E-state index is 0.343. The van der Waals surface area contributed by atoms with Gasteiger partial charge in [-0.05, 0) is 25.1 Å². The van der Waals surface area contributed by atoms with Crippen LogP contribution in [0.5, 0.6) is 11.5 Å². The monoisotopic (exact) mass is 424 g/mol. The number of rotatable bonds is 3. The van der Waals surface area contributed by atoms with E-state index in [1.165, 1.54) is 0 Å². The van der Waals surface area contributed by atoms with Crippen LogP contribution in [0.2, 0.25) is 5.02 Å². The predicted molar refractivity (Wildman–Crippen MR) is 111 cm³/mol. The molecule has 8 nitrogen and oxygen atoms in total. The molecule has 0 aliphatic carbocycles. The molecule has 152 valence electrons. The van der Waals surface area contributed by atoms with Crippen molar-refractivity contribution in [2.75, 3.05) is 18.5 Å². The molecule has 3 aromatic heterocycles. The maximum atomic E-state index is 13.3. The van der Waals surface area contributed by atoms with Gasteiger partial charge in [0.2, 0.25) is 0 Å². The lowest BCUT2D eigenvalue weighted by Gasteiger charge is -2.20. The molecule has 9 heteroatoms. The first-order chi connectivity index (χ1) is 14.5. The highest BCUT2D eigenvalue weighted by atomic mass is 35.5. The van der Waals surface area contributed by atoms with Crippen molar-refractivity contribution >= 4 is 34.2 Å². The van der Waals surface area contributed by atoms with Gasteiger partial charge in [-0.2, -0.15) is 5.10 Å². The van der Waals surface area contributed by atoms with E-state index >= 15 is 0 Å². The largest absolute Gasteiger partial charge is 0.486 e. The topological polar surface area (TPSA) is 91.4 Å². The Morgan fingerprint density at radius 3 is 2.70 bits per heavy atom. The zero-order valence-electron chi connectivity index (χ0n) is 16.2. The van der Waals surface area contributed by atoms with Gasteiger partial charge < -0.3 is 19.2 Å². The van der Waals surface area contributed by atoms with Crippen molar-refractivity contribution in [3.63, 3.8) is 0 Å². The van der Waals surface area contributed by atoms with Crippen LogP contribution < -0.4 is 14.8 Å². The zero-order valence-corrected chi connectivity index (χ0v) is 17.0. The third-order valence-corrected chi connectivity index (χ3v) is 5.18. The fourth-order valence-corrected chi connectivity index (χ4v) is 3.72. The van der Waals surface area contributed by atoms with Gasteiger partial charge in [-0.15, -0.1) is 0 Å². The fourth-order valence-electron chi connectivity index (χ4n) is 3.52. The van der Waals surface area contributed by atoms with E-state index in [0.29, 0.717) is 69.2 Å². The molecule has 0 unspecified atom stereocenters. The Kier molecular flexibility index (Phi) is 4.36. The number of nitrogens with zero attached hydrogens (tertiary/aromatic N) is 3. The Bertz CT molecular complexity index is 1280. The van der Waals surface area contributed by atoms with E-state index in [1.807, 2.05) is 6.92 Å². The molecule has 5 rings (SSSR count). The van der Waals surface area contributed by atoms with E-state index in [1.54, 1.807) is 48.3 Å². The van der Waals surface area contributed by atoms with Gasteiger partial charge >= 0.3 is 0 Å². The summed E-state index contributed by atoms with van der Waals surface area (Å²) in [4.78, 5) is 17.9. The van der Waals surface area contributed by atoms with Gasteiger partial charge in [0, 0.05) is 19.2 Å². The van der Waals surface area contributed by atoms with Crippen LogP contribution in [-0.2, 0) is 7.05 Å². The lowest BCUT2D eigenvalue weighted by Crippen LogP contribution is -2.17. The van der Waals surface area contributed by atoms with Crippen molar-refractivity contribution in [3.8, 4) is 23.0 Å². The molecule has 1 N–H and O–H groups in total. The summed E-state index contributed by atoms with van der Waals surface area (Å²) in [6, 6.07) is 8.55. The van der Waals surface area contributed by atoms with E-state index in [2.05, 4.69) is 15.4 Å². The quantitative estimate of drug-likeness (QED) is 0.529. The number of ether oxygens (including phenoxy) is 2. The molecule has 0 fully saturated rings. The third kappa shape index (κ3) is 3.05. The van der Waals surface area contributed by atoms with Crippen LogP contribution in [0, 0.1) is 6.92 Å². The summed E-state index contributed by atoms with van der Waals surface area (Å²) in [5.74, 6) is 1.31. The Morgan fingerprint density at radius 2 is 1.97 bits per heavy atom. The second kappa shape index (κ2) is 7.07. The molecule has 0 spiro atoms. The summed E-state index contributed by atoms with van der Waals surface area (Å²) in [6.07, 6.45) is 1.56. The number of pyridine rings is 1. The van der Waals surface area contributed by atoms with Crippen LogP contribution in [0.4, 0.5) is 5.69 Å². The highest BCUT2D eigenvalue weighted by Crippen LogP contribution is 2.38. The van der Waals surface area contributed by atoms with Crippen molar-refractivity contribution in [1.82, 2.24) is 14.8 Å². The van der Waals surface area contributed by atoms with Crippen LogP contribution in [0.15, 0.2) is 41.0 Å². The number of benzene rings is 1. The number of hydrogen-bond acceptors (Lipinski definition) is 6. The smallest absolute Gasteiger partial charge is 0.256 e. The van der Waals surface area contributed by atoms with Crippen LogP contribution in [0.3, 0.4) is 0 Å². The average molecular weight is 425 g/mol. The molecule has 1 aliphatic rings. The van der Waals surface area contributed by atoms with E-state index in [9.17, 15) is 4.79 Å². The van der Waals surface area contributed by atoms with E-state index < -0.39 is 0 Å². The Balaban J connectivity index is 1.60. The van der Waals surface area contributed by atoms with Crippen molar-refractivity contribution in [2.24, 2.45) is 7.05 Å². The highest BCUT2D eigenvalue weighted by molar-refractivity contribution is 6.34. The number of carbonyl (C=O) groups excluding carboxylic acids is 1. The van der Waals surface area contributed by atoms with Crippen LogP contribution in [0.1, 0.15) is 16.1 Å². The number of aromatic nitrogens is 3. The standard InChI is InChI=1S/C21H17ClN4O4/c1-11-19-12(8-15(16-4-3-5-28-16)23-20(19)26(2)25-11)21(27)24-14-10-18-17(9-13(14)22)29-6-7-30-18/h3-5,8-10H,6-7H2,1-2H3,(H,24,27). The molecule has 30 heavy (non-hydrogen) atoms. The van der Waals surface area contributed by atoms with E-state index in [0.717, 1.165) is 0 Å². The van der Waals surface area contributed by atoms with Gasteiger partial charge in [0.1, 0.15) is 18.9 Å². The minimum atomic E-state index is -0.343. The van der Waals surface area contributed by atoms with Gasteiger partial charge in [-0.3, -0.25) is 9.48 Å². The van der Waals surface area contributed by atoms with Crippen LogP contribution in [-0.4, -0.2) is 33.9 Å². The number of fused-ring (bicyclic) bond motifs is 2. The Hall–Kier alpha value is -3.52. The third-order valence-electron chi connectivity index (χ3n) is 4.87. The molecule has 0 saturated carbocycles. The number of anilines is 1. The van der Waals surface area contributed by atoms with Gasteiger partial charge in [0.05, 0.1) is 33.6 Å². The molecule has 4 heterocycles. The Morgan fingerprint density at radius 1 is 1.20 bits per heavy atom. The molecule has 0 bridgehead atoms. The zero-order chi connectivity index (χ0) is 20.8. The molecule has 0 atom stereocenters. The first-order valence-corrected chi connectivity index (χ1v) is 9.68. The summed E-state index contributed by atoms with van der Waals surface area (Å²) in [6.45, 7) is 2.73. The maximum Gasteiger partial charge on any atom is 0.256 e. The lowest BCUT2D eigenvalue weighted by molar-refractivity contribution is 0.102. The van der Waals surface area contributed by atoms with Gasteiger partial charge in [-0.25, -0.2) is 4.98 Å². The van der Waals surface area contributed by atoms with Gasteiger partial charge in [-0.1, -0.05) is 11.6 Å². The summed E-state index contributed by atoms with van der Waals surface area (Å²) in [7, 11) is 1.79. The van der Waals surface area contributed by atoms with Crippen LogP contribution >= 0.6 is 11.6 Å². The summed E-state index contributed by atoms with van der Waals surface area (Å²) in [5.41, 5.74) is 2.66. The summed E-state index contributed by atoms with van der Waals surface area (Å²) in [5, 5.41) is 8.31. The maximum absolute atomic E-state index is 13.3. The Labute approximate surface area is 176 Å². The fraction of sp³-hybridized carbons (Fsp3) is 0.190. The number of amides is 1. The number of nitrogens with one attached hydrogen (secondary N) is 1. The number of hydrogen-bond donors (Lipinski definition) is 1. The number of furan rings is 1. The normalized spacial score (nSPS) is 12.9. The van der Waals surface area contributed by atoms with Gasteiger partial charge in [0.25, 0.3) is 5.91 Å². The van der Waals surface area contributed by atoms with Crippen molar-refractivity contribution < 1.29 is 18.7 Å². The summed E-state index contributed by atoms with van der Waals surface area (Å²) >= 11 is 6.36. The molecule has 0 saturated heterocycles. The molecular formula is C21H17ClN4O4. The lowest BCUT2D eigenvalue weighted by atomic mass is 10.1. The molecule has 1 aromatic carbocycles. The van der Waals surface area contributed by atoms with Crippen LogP contribution in [0.25, 0.3) is 22.5 Å². The molecule has 4 aromatic rings. The van der Waals surface area contributed by atoms with Crippen molar-refractivity contribution in [3.05, 3.63) is 52.9 Å². The highest BCUT2D eigenvalue weighted by Gasteiger charge is 2.22. The summed E-state index contributed by atoms with van der Waals surface area (Å²) < 4.78 is 18.2. The number of aryl methyl sites for hydroxylation is 2. The van der Waals surface area contributed by atoms with Crippen molar-refractivity contribution in [1.29, 1.82) is 0 Å². The molecule has 1 aliphatic heterocycles.